The molecule has 7 heteroatoms. The molecule has 0 bridgehead atoms. The van der Waals surface area contributed by atoms with Gasteiger partial charge in [0.05, 0.1) is 0 Å². The van der Waals surface area contributed by atoms with Crippen LogP contribution in [0, 0.1) is 12.7 Å². The summed E-state index contributed by atoms with van der Waals surface area (Å²) in [5.41, 5.74) is 6.83. The molecule has 2 aromatic heterocycles. The molecule has 3 aromatic rings. The Kier molecular flexibility index (Phi) is 2.56. The smallest absolute Gasteiger partial charge is 0.280 e. The maximum Gasteiger partial charge on any atom is 0.280 e. The molecule has 0 aliphatic heterocycles. The first kappa shape index (κ1) is 12.3. The number of anilines is 1. The molecule has 0 atom stereocenters. The quantitative estimate of drug-likeness (QED) is 0.700. The molecule has 3 rings (SSSR count). The summed E-state index contributed by atoms with van der Waals surface area (Å²) >= 11 is 0. The van der Waals surface area contributed by atoms with Crippen LogP contribution in [0.5, 0.6) is 0 Å². The van der Waals surface area contributed by atoms with Gasteiger partial charge in [0.1, 0.15) is 11.6 Å². The maximum atomic E-state index is 13.6. The summed E-state index contributed by atoms with van der Waals surface area (Å²) in [6.07, 6.45) is 0. The number of imidazole rings is 1. The van der Waals surface area contributed by atoms with Gasteiger partial charge in [0.15, 0.2) is 11.2 Å². The first-order chi connectivity index (χ1) is 9.49. The Labute approximate surface area is 113 Å². The molecule has 0 fully saturated rings. The first-order valence-corrected chi connectivity index (χ1v) is 5.96. The van der Waals surface area contributed by atoms with Crippen molar-refractivity contribution in [2.75, 3.05) is 5.73 Å². The maximum absolute atomic E-state index is 13.6. The van der Waals surface area contributed by atoms with Gasteiger partial charge < -0.3 is 10.7 Å². The minimum absolute atomic E-state index is 0.0801. The molecule has 1 aromatic carbocycles. The van der Waals surface area contributed by atoms with Crippen LogP contribution in [-0.4, -0.2) is 19.5 Å². The van der Waals surface area contributed by atoms with Crippen LogP contribution in [-0.2, 0) is 7.05 Å². The summed E-state index contributed by atoms with van der Waals surface area (Å²) in [7, 11) is 1.53. The predicted octanol–water partition coefficient (Wildman–Crippen LogP) is 1.35. The summed E-state index contributed by atoms with van der Waals surface area (Å²) in [4.78, 5) is 23.2. The SMILES string of the molecule is Cc1c(F)cccc1-c1nc2nc(N)n(C)c(=O)c2[nH]1. The number of nitrogens with one attached hydrogen (secondary N) is 1. The lowest BCUT2D eigenvalue weighted by atomic mass is 10.1. The lowest BCUT2D eigenvalue weighted by molar-refractivity contribution is 0.619. The third-order valence-corrected chi connectivity index (χ3v) is 3.29. The Balaban J connectivity index is 2.32. The van der Waals surface area contributed by atoms with Crippen LogP contribution in [0.25, 0.3) is 22.6 Å². The number of rotatable bonds is 1. The second kappa shape index (κ2) is 4.16. The van der Waals surface area contributed by atoms with Crippen LogP contribution in [0.4, 0.5) is 10.3 Å². The van der Waals surface area contributed by atoms with Crippen molar-refractivity contribution in [1.29, 1.82) is 0 Å². The highest BCUT2D eigenvalue weighted by Crippen LogP contribution is 2.23. The predicted molar refractivity (Wildman–Crippen MR) is 73.7 cm³/mol. The van der Waals surface area contributed by atoms with Crippen molar-refractivity contribution in [2.24, 2.45) is 7.05 Å². The highest BCUT2D eigenvalue weighted by atomic mass is 19.1. The number of H-pyrrole nitrogens is 1. The minimum atomic E-state index is -0.330. The number of benzene rings is 1. The largest absolute Gasteiger partial charge is 0.369 e. The third-order valence-electron chi connectivity index (χ3n) is 3.29. The van der Waals surface area contributed by atoms with Gasteiger partial charge in [-0.3, -0.25) is 9.36 Å². The number of hydrogen-bond acceptors (Lipinski definition) is 4. The third kappa shape index (κ3) is 1.67. The van der Waals surface area contributed by atoms with E-state index in [1.807, 2.05) is 0 Å². The van der Waals surface area contributed by atoms with E-state index in [0.717, 1.165) is 0 Å². The minimum Gasteiger partial charge on any atom is -0.369 e. The molecule has 0 spiro atoms. The molecule has 102 valence electrons. The molecule has 2 heterocycles. The van der Waals surface area contributed by atoms with Gasteiger partial charge >= 0.3 is 0 Å². The molecule has 0 saturated carbocycles. The van der Waals surface area contributed by atoms with E-state index >= 15 is 0 Å². The van der Waals surface area contributed by atoms with Gasteiger partial charge in [0.2, 0.25) is 5.95 Å². The molecular weight excluding hydrogens is 261 g/mol. The van der Waals surface area contributed by atoms with E-state index < -0.39 is 0 Å². The van der Waals surface area contributed by atoms with Crippen molar-refractivity contribution in [3.63, 3.8) is 0 Å². The second-order valence-corrected chi connectivity index (χ2v) is 4.53. The molecular formula is C13H12FN5O. The van der Waals surface area contributed by atoms with Gasteiger partial charge in [0, 0.05) is 12.6 Å². The van der Waals surface area contributed by atoms with E-state index in [2.05, 4.69) is 15.0 Å². The number of aromatic amines is 1. The van der Waals surface area contributed by atoms with Crippen molar-refractivity contribution < 1.29 is 4.39 Å². The summed E-state index contributed by atoms with van der Waals surface area (Å²) < 4.78 is 14.8. The van der Waals surface area contributed by atoms with Gasteiger partial charge in [-0.05, 0) is 18.6 Å². The Morgan fingerprint density at radius 3 is 2.85 bits per heavy atom. The zero-order chi connectivity index (χ0) is 14.4. The van der Waals surface area contributed by atoms with Crippen LogP contribution in [0.3, 0.4) is 0 Å². The van der Waals surface area contributed by atoms with Crippen LogP contribution in [0.2, 0.25) is 0 Å². The molecule has 3 N–H and O–H groups in total. The number of nitrogens with two attached hydrogens (primary N) is 1. The molecule has 0 aliphatic rings. The fourth-order valence-electron chi connectivity index (χ4n) is 2.04. The molecule has 0 radical (unpaired) electrons. The van der Waals surface area contributed by atoms with E-state index in [9.17, 15) is 9.18 Å². The highest BCUT2D eigenvalue weighted by molar-refractivity contribution is 5.76. The Bertz CT molecular complexity index is 880. The van der Waals surface area contributed by atoms with E-state index in [1.54, 1.807) is 19.1 Å². The van der Waals surface area contributed by atoms with E-state index in [0.29, 0.717) is 17.0 Å². The monoisotopic (exact) mass is 273 g/mol. The number of aromatic nitrogens is 4. The van der Waals surface area contributed by atoms with Crippen molar-refractivity contribution >= 4 is 17.1 Å². The molecule has 0 aliphatic carbocycles. The van der Waals surface area contributed by atoms with Gasteiger partial charge in [-0.25, -0.2) is 9.37 Å². The van der Waals surface area contributed by atoms with Gasteiger partial charge in [0.25, 0.3) is 5.56 Å². The zero-order valence-corrected chi connectivity index (χ0v) is 10.9. The molecule has 6 nitrogen and oxygen atoms in total. The van der Waals surface area contributed by atoms with Crippen molar-refractivity contribution in [1.82, 2.24) is 19.5 Å². The van der Waals surface area contributed by atoms with Gasteiger partial charge in [-0.15, -0.1) is 0 Å². The normalized spacial score (nSPS) is 11.2. The van der Waals surface area contributed by atoms with E-state index in [4.69, 9.17) is 5.73 Å². The van der Waals surface area contributed by atoms with Gasteiger partial charge in [-0.2, -0.15) is 4.98 Å². The Morgan fingerprint density at radius 2 is 2.10 bits per heavy atom. The first-order valence-electron chi connectivity index (χ1n) is 5.96. The highest BCUT2D eigenvalue weighted by Gasteiger charge is 2.14. The molecule has 0 saturated heterocycles. The number of hydrogen-bond donors (Lipinski definition) is 2. The zero-order valence-electron chi connectivity index (χ0n) is 10.9. The number of fused-ring (bicyclic) bond motifs is 1. The number of nitrogens with zero attached hydrogens (tertiary/aromatic N) is 3. The van der Waals surface area contributed by atoms with Crippen LogP contribution in [0.1, 0.15) is 5.56 Å². The summed E-state index contributed by atoms with van der Waals surface area (Å²) in [6.45, 7) is 1.65. The Morgan fingerprint density at radius 1 is 1.35 bits per heavy atom. The molecule has 0 amide bonds. The topological polar surface area (TPSA) is 89.6 Å². The van der Waals surface area contributed by atoms with Gasteiger partial charge in [-0.1, -0.05) is 12.1 Å². The average molecular weight is 273 g/mol. The fourth-order valence-corrected chi connectivity index (χ4v) is 2.04. The van der Waals surface area contributed by atoms with Crippen molar-refractivity contribution in [2.45, 2.75) is 6.92 Å². The standard InChI is InChI=1S/C13H12FN5O/c1-6-7(4-3-5-8(6)14)10-16-9-11(17-10)18-13(15)19(2)12(9)20/h3-5H,1-2H3,(H2,15,18)(H,16,17). The fraction of sp³-hybridized carbons (Fsp3) is 0.154. The number of nitrogen functional groups attached to an aromatic ring is 1. The lowest BCUT2D eigenvalue weighted by Crippen LogP contribution is -2.21. The van der Waals surface area contributed by atoms with Crippen LogP contribution >= 0.6 is 0 Å². The summed E-state index contributed by atoms with van der Waals surface area (Å²) in [6, 6.07) is 4.69. The molecule has 0 unspecified atom stereocenters. The number of halogens is 1. The lowest BCUT2D eigenvalue weighted by Gasteiger charge is -2.02. The van der Waals surface area contributed by atoms with E-state index in [-0.39, 0.29) is 28.5 Å². The van der Waals surface area contributed by atoms with E-state index in [1.165, 1.54) is 17.7 Å². The average Bonchev–Trinajstić information content (AvgIpc) is 2.83. The summed E-state index contributed by atoms with van der Waals surface area (Å²) in [5.74, 6) is 0.145. The van der Waals surface area contributed by atoms with Crippen molar-refractivity contribution in [3.05, 3.63) is 39.9 Å². The van der Waals surface area contributed by atoms with Crippen LogP contribution in [0.15, 0.2) is 23.0 Å². The molecule has 20 heavy (non-hydrogen) atoms. The van der Waals surface area contributed by atoms with Crippen molar-refractivity contribution in [3.8, 4) is 11.4 Å². The summed E-state index contributed by atoms with van der Waals surface area (Å²) in [5, 5.41) is 0. The Hall–Kier alpha value is -2.70. The second-order valence-electron chi connectivity index (χ2n) is 4.53. The van der Waals surface area contributed by atoms with Crippen LogP contribution < -0.4 is 11.3 Å².